The first-order valence-electron chi connectivity index (χ1n) is 8.11. The highest BCUT2D eigenvalue weighted by atomic mass is 32.2. The number of nitrogens with one attached hydrogen (secondary N) is 1. The molecule has 0 aliphatic carbocycles. The van der Waals surface area contributed by atoms with Crippen molar-refractivity contribution in [2.45, 2.75) is 45.2 Å². The Morgan fingerprint density at radius 2 is 1.76 bits per heavy atom. The number of thioether (sulfide) groups is 1. The van der Waals surface area contributed by atoms with E-state index in [2.05, 4.69) is 53.4 Å². The number of benzene rings is 1. The van der Waals surface area contributed by atoms with Gasteiger partial charge in [-0.2, -0.15) is 5.10 Å². The molecular formula is C19H24N4OS. The van der Waals surface area contributed by atoms with E-state index in [1.54, 1.807) is 6.21 Å². The average molecular weight is 356 g/mol. The molecule has 1 aromatic carbocycles. The molecule has 0 saturated heterocycles. The van der Waals surface area contributed by atoms with Crippen molar-refractivity contribution in [1.82, 2.24) is 15.4 Å². The van der Waals surface area contributed by atoms with Gasteiger partial charge in [0.2, 0.25) is 0 Å². The Labute approximate surface area is 153 Å². The molecule has 0 atom stereocenters. The quantitative estimate of drug-likeness (QED) is 0.384. The van der Waals surface area contributed by atoms with Crippen molar-refractivity contribution < 1.29 is 4.79 Å². The molecule has 1 amide bonds. The fourth-order valence-corrected chi connectivity index (χ4v) is 2.91. The number of amides is 1. The number of hydrazone groups is 1. The van der Waals surface area contributed by atoms with Crippen LogP contribution in [0.15, 0.2) is 40.6 Å². The zero-order valence-electron chi connectivity index (χ0n) is 15.3. The Bertz CT molecular complexity index is 744. The molecule has 0 bridgehead atoms. The van der Waals surface area contributed by atoms with Crippen LogP contribution in [0, 0.1) is 13.8 Å². The highest BCUT2D eigenvalue weighted by Gasteiger charge is 2.12. The van der Waals surface area contributed by atoms with Crippen LogP contribution in [-0.2, 0) is 10.2 Å². The van der Waals surface area contributed by atoms with Crippen LogP contribution >= 0.6 is 11.8 Å². The maximum atomic E-state index is 11.9. The summed E-state index contributed by atoms with van der Waals surface area (Å²) in [5, 5.41) is 4.61. The number of aryl methyl sites for hydroxylation is 2. The molecule has 6 heteroatoms. The van der Waals surface area contributed by atoms with Crippen LogP contribution < -0.4 is 5.43 Å². The van der Waals surface area contributed by atoms with Gasteiger partial charge in [0, 0.05) is 11.4 Å². The van der Waals surface area contributed by atoms with Gasteiger partial charge in [-0.25, -0.2) is 15.4 Å². The van der Waals surface area contributed by atoms with Crippen molar-refractivity contribution in [3.63, 3.8) is 0 Å². The van der Waals surface area contributed by atoms with Gasteiger partial charge in [-0.1, -0.05) is 56.8 Å². The van der Waals surface area contributed by atoms with Crippen LogP contribution in [0.2, 0.25) is 0 Å². The van der Waals surface area contributed by atoms with E-state index >= 15 is 0 Å². The molecule has 0 spiro atoms. The fourth-order valence-electron chi connectivity index (χ4n) is 2.17. The van der Waals surface area contributed by atoms with Gasteiger partial charge < -0.3 is 0 Å². The van der Waals surface area contributed by atoms with Crippen molar-refractivity contribution in [2.75, 3.05) is 5.75 Å². The van der Waals surface area contributed by atoms with Gasteiger partial charge in [-0.15, -0.1) is 0 Å². The number of rotatable bonds is 5. The van der Waals surface area contributed by atoms with Gasteiger partial charge in [0.25, 0.3) is 5.91 Å². The summed E-state index contributed by atoms with van der Waals surface area (Å²) in [6.45, 7) is 10.3. The van der Waals surface area contributed by atoms with E-state index in [9.17, 15) is 4.79 Å². The van der Waals surface area contributed by atoms with Crippen LogP contribution in [0.3, 0.4) is 0 Å². The third-order valence-corrected chi connectivity index (χ3v) is 4.32. The highest BCUT2D eigenvalue weighted by Crippen LogP contribution is 2.21. The third kappa shape index (κ3) is 6.31. The van der Waals surface area contributed by atoms with E-state index < -0.39 is 0 Å². The minimum Gasteiger partial charge on any atom is -0.272 e. The van der Waals surface area contributed by atoms with E-state index in [4.69, 9.17) is 0 Å². The molecule has 1 N–H and O–H groups in total. The first-order chi connectivity index (χ1) is 11.7. The van der Waals surface area contributed by atoms with Crippen molar-refractivity contribution >= 4 is 23.9 Å². The Balaban J connectivity index is 1.84. The predicted octanol–water partition coefficient (Wildman–Crippen LogP) is 3.63. The molecule has 2 aromatic rings. The topological polar surface area (TPSA) is 67.2 Å². The second kappa shape index (κ2) is 8.25. The van der Waals surface area contributed by atoms with E-state index in [0.717, 1.165) is 17.0 Å². The molecule has 0 aliphatic heterocycles. The fraction of sp³-hybridized carbons (Fsp3) is 0.368. The number of aromatic nitrogens is 2. The Kier molecular flexibility index (Phi) is 6.31. The maximum absolute atomic E-state index is 11.9. The molecule has 132 valence electrons. The third-order valence-electron chi connectivity index (χ3n) is 3.47. The summed E-state index contributed by atoms with van der Waals surface area (Å²) in [6, 6.07) is 10.1. The normalized spacial score (nSPS) is 11.7. The molecule has 0 fully saturated rings. The van der Waals surface area contributed by atoms with Crippen LogP contribution in [0.1, 0.15) is 43.3 Å². The van der Waals surface area contributed by atoms with Crippen LogP contribution in [0.4, 0.5) is 0 Å². The Hall–Kier alpha value is -2.21. The zero-order valence-corrected chi connectivity index (χ0v) is 16.1. The molecule has 25 heavy (non-hydrogen) atoms. The van der Waals surface area contributed by atoms with Crippen LogP contribution in [-0.4, -0.2) is 27.8 Å². The SMILES string of the molecule is Cc1cc(C)nc(SCC(=O)N/N=C\c2ccc(C(C)(C)C)cc2)n1. The zero-order chi connectivity index (χ0) is 18.4. The maximum Gasteiger partial charge on any atom is 0.250 e. The number of carbonyl (C=O) groups excluding carboxylic acids is 1. The Morgan fingerprint density at radius 1 is 1.16 bits per heavy atom. The minimum atomic E-state index is -0.185. The standard InChI is InChI=1S/C19H24N4OS/c1-13-10-14(2)22-18(21-13)25-12-17(24)23-20-11-15-6-8-16(9-7-15)19(3,4)5/h6-11H,12H2,1-5H3,(H,23,24)/b20-11-. The second-order valence-corrected chi connectivity index (χ2v) is 7.83. The highest BCUT2D eigenvalue weighted by molar-refractivity contribution is 7.99. The lowest BCUT2D eigenvalue weighted by atomic mass is 9.87. The first-order valence-corrected chi connectivity index (χ1v) is 9.10. The summed E-state index contributed by atoms with van der Waals surface area (Å²) < 4.78 is 0. The summed E-state index contributed by atoms with van der Waals surface area (Å²) >= 11 is 1.30. The molecular weight excluding hydrogens is 332 g/mol. The average Bonchev–Trinajstić information content (AvgIpc) is 2.52. The molecule has 5 nitrogen and oxygen atoms in total. The van der Waals surface area contributed by atoms with Gasteiger partial charge in [0.1, 0.15) is 0 Å². The van der Waals surface area contributed by atoms with E-state index in [0.29, 0.717) is 5.16 Å². The molecule has 0 saturated carbocycles. The summed E-state index contributed by atoms with van der Waals surface area (Å²) in [4.78, 5) is 20.5. The number of nitrogens with zero attached hydrogens (tertiary/aromatic N) is 3. The number of hydrogen-bond donors (Lipinski definition) is 1. The van der Waals surface area contributed by atoms with Crippen LogP contribution in [0.5, 0.6) is 0 Å². The lowest BCUT2D eigenvalue weighted by Crippen LogP contribution is -2.19. The van der Waals surface area contributed by atoms with Crippen molar-refractivity contribution in [1.29, 1.82) is 0 Å². The molecule has 1 aromatic heterocycles. The second-order valence-electron chi connectivity index (χ2n) is 6.89. The summed E-state index contributed by atoms with van der Waals surface area (Å²) in [5.41, 5.74) is 6.65. The lowest BCUT2D eigenvalue weighted by Gasteiger charge is -2.18. The molecule has 0 radical (unpaired) electrons. The molecule has 1 heterocycles. The van der Waals surface area contributed by atoms with Gasteiger partial charge in [-0.3, -0.25) is 4.79 Å². The smallest absolute Gasteiger partial charge is 0.250 e. The molecule has 0 aliphatic rings. The molecule has 2 rings (SSSR count). The van der Waals surface area contributed by atoms with Crippen molar-refractivity contribution in [3.8, 4) is 0 Å². The summed E-state index contributed by atoms with van der Waals surface area (Å²) in [7, 11) is 0. The number of carbonyl (C=O) groups is 1. The summed E-state index contributed by atoms with van der Waals surface area (Å²) in [6.07, 6.45) is 1.64. The Morgan fingerprint density at radius 3 is 2.32 bits per heavy atom. The van der Waals surface area contributed by atoms with Crippen molar-refractivity contribution in [3.05, 3.63) is 52.8 Å². The first kappa shape index (κ1) is 19.1. The number of hydrogen-bond acceptors (Lipinski definition) is 5. The minimum absolute atomic E-state index is 0.122. The van der Waals surface area contributed by atoms with Gasteiger partial charge in [0.05, 0.1) is 12.0 Å². The van der Waals surface area contributed by atoms with E-state index in [1.807, 2.05) is 32.0 Å². The van der Waals surface area contributed by atoms with E-state index in [-0.39, 0.29) is 17.1 Å². The summed E-state index contributed by atoms with van der Waals surface area (Å²) in [5.74, 6) is 0.0405. The van der Waals surface area contributed by atoms with Crippen LogP contribution in [0.25, 0.3) is 0 Å². The van der Waals surface area contributed by atoms with Crippen molar-refractivity contribution in [2.24, 2.45) is 5.10 Å². The molecule has 0 unspecified atom stereocenters. The monoisotopic (exact) mass is 356 g/mol. The van der Waals surface area contributed by atoms with E-state index in [1.165, 1.54) is 17.3 Å². The predicted molar refractivity (Wildman–Crippen MR) is 103 cm³/mol. The van der Waals surface area contributed by atoms with Gasteiger partial charge in [0.15, 0.2) is 5.16 Å². The van der Waals surface area contributed by atoms with Gasteiger partial charge in [-0.05, 0) is 36.5 Å². The largest absolute Gasteiger partial charge is 0.272 e. The van der Waals surface area contributed by atoms with Gasteiger partial charge >= 0.3 is 0 Å². The lowest BCUT2D eigenvalue weighted by molar-refractivity contribution is -0.118.